The molecule has 0 spiro atoms. The minimum atomic E-state index is -0.454. The van der Waals surface area contributed by atoms with Gasteiger partial charge in [0.25, 0.3) is 11.5 Å². The lowest BCUT2D eigenvalue weighted by atomic mass is 10.1. The molecule has 0 saturated heterocycles. The SMILES string of the molecule is O=C(Nc1ccccc1Cc1nc(-c2ccncc2)no1)c1c[nH]c(=O)c(Cl)c1. The van der Waals surface area contributed by atoms with Crippen molar-refractivity contribution < 1.29 is 9.32 Å². The first kappa shape index (κ1) is 18.6. The molecule has 9 heteroatoms. The second-order valence-electron chi connectivity index (χ2n) is 6.10. The van der Waals surface area contributed by atoms with E-state index in [0.717, 1.165) is 11.1 Å². The molecule has 144 valence electrons. The molecule has 3 heterocycles. The number of amides is 1. The molecule has 4 aromatic rings. The molecule has 8 nitrogen and oxygen atoms in total. The Morgan fingerprint density at radius 3 is 2.76 bits per heavy atom. The van der Waals surface area contributed by atoms with Crippen LogP contribution in [0.1, 0.15) is 21.8 Å². The number of benzene rings is 1. The minimum absolute atomic E-state index is 0.0552. The fraction of sp³-hybridized carbons (Fsp3) is 0.0500. The number of nitrogens with one attached hydrogen (secondary N) is 2. The van der Waals surface area contributed by atoms with E-state index in [1.807, 2.05) is 12.1 Å². The van der Waals surface area contributed by atoms with Crippen molar-refractivity contribution >= 4 is 23.2 Å². The summed E-state index contributed by atoms with van der Waals surface area (Å²) in [5.41, 5.74) is 1.96. The number of rotatable bonds is 5. The Bertz CT molecular complexity index is 1220. The molecule has 0 aliphatic carbocycles. The lowest BCUT2D eigenvalue weighted by Crippen LogP contribution is -2.16. The first-order valence-corrected chi connectivity index (χ1v) is 8.98. The number of hydrogen-bond donors (Lipinski definition) is 2. The molecule has 1 amide bonds. The summed E-state index contributed by atoms with van der Waals surface area (Å²) < 4.78 is 5.35. The van der Waals surface area contributed by atoms with Gasteiger partial charge in [-0.05, 0) is 29.8 Å². The van der Waals surface area contributed by atoms with Gasteiger partial charge in [-0.15, -0.1) is 0 Å². The molecule has 4 rings (SSSR count). The van der Waals surface area contributed by atoms with Gasteiger partial charge in [0.05, 0.1) is 12.0 Å². The van der Waals surface area contributed by atoms with E-state index in [1.165, 1.54) is 12.3 Å². The summed E-state index contributed by atoms with van der Waals surface area (Å²) >= 11 is 5.80. The zero-order valence-corrected chi connectivity index (χ0v) is 15.7. The highest BCUT2D eigenvalue weighted by molar-refractivity contribution is 6.30. The molecule has 29 heavy (non-hydrogen) atoms. The lowest BCUT2D eigenvalue weighted by Gasteiger charge is -2.10. The highest BCUT2D eigenvalue weighted by atomic mass is 35.5. The van der Waals surface area contributed by atoms with Gasteiger partial charge >= 0.3 is 0 Å². The normalized spacial score (nSPS) is 10.7. The monoisotopic (exact) mass is 407 g/mol. The quantitative estimate of drug-likeness (QED) is 0.524. The number of carbonyl (C=O) groups excluding carboxylic acids is 1. The smallest absolute Gasteiger partial charge is 0.266 e. The van der Waals surface area contributed by atoms with Crippen LogP contribution in [-0.4, -0.2) is 26.0 Å². The van der Waals surface area contributed by atoms with Crippen LogP contribution < -0.4 is 10.9 Å². The average Bonchev–Trinajstić information content (AvgIpc) is 3.21. The van der Waals surface area contributed by atoms with Crippen molar-refractivity contribution in [3.63, 3.8) is 0 Å². The second-order valence-corrected chi connectivity index (χ2v) is 6.51. The fourth-order valence-corrected chi connectivity index (χ4v) is 2.86. The van der Waals surface area contributed by atoms with Crippen LogP contribution in [0.25, 0.3) is 11.4 Å². The van der Waals surface area contributed by atoms with Crippen LogP contribution in [-0.2, 0) is 6.42 Å². The first-order valence-electron chi connectivity index (χ1n) is 8.60. The molecular formula is C20H14ClN5O3. The van der Waals surface area contributed by atoms with E-state index in [9.17, 15) is 9.59 Å². The molecular weight excluding hydrogens is 394 g/mol. The number of aromatic nitrogens is 4. The zero-order chi connectivity index (χ0) is 20.2. The maximum Gasteiger partial charge on any atom is 0.266 e. The number of carbonyl (C=O) groups is 1. The lowest BCUT2D eigenvalue weighted by molar-refractivity contribution is 0.102. The molecule has 0 fully saturated rings. The van der Waals surface area contributed by atoms with E-state index >= 15 is 0 Å². The van der Waals surface area contributed by atoms with Gasteiger partial charge in [-0.2, -0.15) is 4.98 Å². The number of anilines is 1. The maximum absolute atomic E-state index is 12.5. The summed E-state index contributed by atoms with van der Waals surface area (Å²) in [7, 11) is 0. The topological polar surface area (TPSA) is 114 Å². The van der Waals surface area contributed by atoms with Crippen molar-refractivity contribution in [3.05, 3.63) is 93.4 Å². The summed E-state index contributed by atoms with van der Waals surface area (Å²) in [6.07, 6.45) is 4.95. The highest BCUT2D eigenvalue weighted by Gasteiger charge is 2.14. The molecule has 0 aliphatic heterocycles. The van der Waals surface area contributed by atoms with E-state index in [-0.39, 0.29) is 10.6 Å². The van der Waals surface area contributed by atoms with E-state index in [0.29, 0.717) is 23.8 Å². The molecule has 0 aliphatic rings. The number of halogens is 1. The standard InChI is InChI=1S/C20H14ClN5O3/c21-15-9-14(11-23-20(15)28)19(27)24-16-4-2-1-3-13(16)10-17-25-18(26-29-17)12-5-7-22-8-6-12/h1-9,11H,10H2,(H,23,28)(H,24,27). The third-order valence-corrected chi connectivity index (χ3v) is 4.41. The predicted molar refractivity (Wildman–Crippen MR) is 107 cm³/mol. The Hall–Kier alpha value is -3.78. The van der Waals surface area contributed by atoms with Gasteiger partial charge in [0.2, 0.25) is 11.7 Å². The third-order valence-electron chi connectivity index (χ3n) is 4.13. The van der Waals surface area contributed by atoms with Crippen LogP contribution in [0.2, 0.25) is 5.02 Å². The Morgan fingerprint density at radius 1 is 1.17 bits per heavy atom. The van der Waals surface area contributed by atoms with Gasteiger partial charge in [0, 0.05) is 29.8 Å². The molecule has 1 aromatic carbocycles. The van der Waals surface area contributed by atoms with Crippen LogP contribution in [0.5, 0.6) is 0 Å². The molecule has 3 aromatic heterocycles. The van der Waals surface area contributed by atoms with E-state index < -0.39 is 11.5 Å². The van der Waals surface area contributed by atoms with Crippen LogP contribution >= 0.6 is 11.6 Å². The summed E-state index contributed by atoms with van der Waals surface area (Å²) in [6.45, 7) is 0. The van der Waals surface area contributed by atoms with E-state index in [2.05, 4.69) is 25.4 Å². The van der Waals surface area contributed by atoms with Gasteiger partial charge in [-0.3, -0.25) is 14.6 Å². The third kappa shape index (κ3) is 4.22. The molecule has 0 unspecified atom stereocenters. The molecule has 0 bridgehead atoms. The van der Waals surface area contributed by atoms with Crippen molar-refractivity contribution in [1.82, 2.24) is 20.1 Å². The molecule has 0 radical (unpaired) electrons. The first-order chi connectivity index (χ1) is 14.1. The second kappa shape index (κ2) is 8.07. The Kier molecular flexibility index (Phi) is 5.17. The van der Waals surface area contributed by atoms with Gasteiger partial charge in [-0.25, -0.2) is 0 Å². The number of nitrogens with zero attached hydrogens (tertiary/aromatic N) is 3. The van der Waals surface area contributed by atoms with Crippen molar-refractivity contribution in [2.75, 3.05) is 5.32 Å². The summed E-state index contributed by atoms with van der Waals surface area (Å²) in [5.74, 6) is 0.469. The predicted octanol–water partition coefficient (Wildman–Crippen LogP) is 3.32. The molecule has 0 atom stereocenters. The summed E-state index contributed by atoms with van der Waals surface area (Å²) in [6, 6.07) is 12.2. The van der Waals surface area contributed by atoms with E-state index in [1.54, 1.807) is 36.7 Å². The summed E-state index contributed by atoms with van der Waals surface area (Å²) in [4.78, 5) is 34.7. The largest absolute Gasteiger partial charge is 0.339 e. The number of para-hydroxylation sites is 1. The van der Waals surface area contributed by atoms with Crippen molar-refractivity contribution in [3.8, 4) is 11.4 Å². The van der Waals surface area contributed by atoms with Gasteiger partial charge in [0.15, 0.2) is 0 Å². The van der Waals surface area contributed by atoms with E-state index in [4.69, 9.17) is 16.1 Å². The van der Waals surface area contributed by atoms with Crippen molar-refractivity contribution in [2.24, 2.45) is 0 Å². The van der Waals surface area contributed by atoms with Crippen LogP contribution in [0.15, 0.2) is 70.4 Å². The zero-order valence-electron chi connectivity index (χ0n) is 14.9. The Labute approximate surface area is 169 Å². The van der Waals surface area contributed by atoms with Crippen LogP contribution in [0.3, 0.4) is 0 Å². The number of H-pyrrole nitrogens is 1. The number of pyridine rings is 2. The van der Waals surface area contributed by atoms with Gasteiger partial charge < -0.3 is 14.8 Å². The number of hydrogen-bond acceptors (Lipinski definition) is 6. The average molecular weight is 408 g/mol. The van der Waals surface area contributed by atoms with Crippen LogP contribution in [0.4, 0.5) is 5.69 Å². The van der Waals surface area contributed by atoms with Crippen LogP contribution in [0, 0.1) is 0 Å². The minimum Gasteiger partial charge on any atom is -0.339 e. The highest BCUT2D eigenvalue weighted by Crippen LogP contribution is 2.21. The Morgan fingerprint density at radius 2 is 1.97 bits per heavy atom. The van der Waals surface area contributed by atoms with Gasteiger partial charge in [-0.1, -0.05) is 35.0 Å². The molecule has 0 saturated carbocycles. The van der Waals surface area contributed by atoms with Crippen molar-refractivity contribution in [1.29, 1.82) is 0 Å². The molecule has 2 N–H and O–H groups in total. The number of aromatic amines is 1. The van der Waals surface area contributed by atoms with Gasteiger partial charge in [0.1, 0.15) is 5.02 Å². The van der Waals surface area contributed by atoms with Crippen molar-refractivity contribution in [2.45, 2.75) is 6.42 Å². The maximum atomic E-state index is 12.5. The fourth-order valence-electron chi connectivity index (χ4n) is 2.69. The Balaban J connectivity index is 1.54. The summed E-state index contributed by atoms with van der Waals surface area (Å²) in [5, 5.41) is 6.75.